The molecule has 2 nitrogen and oxygen atoms in total. The van der Waals surface area contributed by atoms with Crippen LogP contribution in [0.2, 0.25) is 0 Å². The molecule has 1 saturated heterocycles. The number of halogens is 1. The molecule has 2 heterocycles. The Morgan fingerprint density at radius 3 is 2.86 bits per heavy atom. The first-order valence-electron chi connectivity index (χ1n) is 7.82. The fraction of sp³-hybridized carbons (Fsp3) is 0.263. The average Bonchev–Trinajstić information content (AvgIpc) is 3.14. The summed E-state index contributed by atoms with van der Waals surface area (Å²) in [5.41, 5.74) is 4.11. The SMILES string of the molecule is Brc1ccc2[nH]cc(C3CCN(Cc4ccccc4)C3)c2c1. The second-order valence-corrected chi connectivity index (χ2v) is 7.06. The molecule has 2 aromatic carbocycles. The normalized spacial score (nSPS) is 19.0. The average molecular weight is 355 g/mol. The van der Waals surface area contributed by atoms with Crippen molar-refractivity contribution in [1.29, 1.82) is 0 Å². The van der Waals surface area contributed by atoms with E-state index in [4.69, 9.17) is 0 Å². The van der Waals surface area contributed by atoms with Crippen LogP contribution in [-0.4, -0.2) is 23.0 Å². The number of aromatic nitrogens is 1. The summed E-state index contributed by atoms with van der Waals surface area (Å²) in [7, 11) is 0. The summed E-state index contributed by atoms with van der Waals surface area (Å²) in [4.78, 5) is 5.98. The third-order valence-electron chi connectivity index (χ3n) is 4.64. The molecule has 0 aliphatic carbocycles. The van der Waals surface area contributed by atoms with E-state index < -0.39 is 0 Å². The minimum atomic E-state index is 0.631. The Bertz CT molecular complexity index is 778. The smallest absolute Gasteiger partial charge is 0.0457 e. The van der Waals surface area contributed by atoms with Crippen molar-refractivity contribution in [2.75, 3.05) is 13.1 Å². The highest BCUT2D eigenvalue weighted by molar-refractivity contribution is 9.10. The van der Waals surface area contributed by atoms with E-state index in [2.05, 4.69) is 80.5 Å². The molecule has 3 heteroatoms. The summed E-state index contributed by atoms with van der Waals surface area (Å²) in [5.74, 6) is 0.631. The molecule has 112 valence electrons. The molecule has 1 atom stereocenters. The van der Waals surface area contributed by atoms with Crippen molar-refractivity contribution in [2.24, 2.45) is 0 Å². The summed E-state index contributed by atoms with van der Waals surface area (Å²) in [6.45, 7) is 3.39. The number of H-pyrrole nitrogens is 1. The van der Waals surface area contributed by atoms with Crippen molar-refractivity contribution >= 4 is 26.8 Å². The molecule has 22 heavy (non-hydrogen) atoms. The second-order valence-electron chi connectivity index (χ2n) is 6.14. The van der Waals surface area contributed by atoms with Gasteiger partial charge < -0.3 is 4.98 Å². The van der Waals surface area contributed by atoms with Crippen LogP contribution >= 0.6 is 15.9 Å². The quantitative estimate of drug-likeness (QED) is 0.707. The third-order valence-corrected chi connectivity index (χ3v) is 5.13. The maximum atomic E-state index is 3.59. The van der Waals surface area contributed by atoms with Crippen molar-refractivity contribution in [1.82, 2.24) is 9.88 Å². The number of fused-ring (bicyclic) bond motifs is 1. The zero-order chi connectivity index (χ0) is 14.9. The topological polar surface area (TPSA) is 19.0 Å². The molecule has 1 N–H and O–H groups in total. The standard InChI is InChI=1S/C19H19BrN2/c20-16-6-7-19-17(10-16)18(11-21-19)15-8-9-22(13-15)12-14-4-2-1-3-5-14/h1-7,10-11,15,21H,8-9,12-13H2. The molecule has 1 aliphatic rings. The molecule has 0 spiro atoms. The number of hydrogen-bond donors (Lipinski definition) is 1. The Kier molecular flexibility index (Phi) is 3.77. The van der Waals surface area contributed by atoms with Crippen molar-refractivity contribution in [3.63, 3.8) is 0 Å². The van der Waals surface area contributed by atoms with Crippen LogP contribution in [0.4, 0.5) is 0 Å². The lowest BCUT2D eigenvalue weighted by Crippen LogP contribution is -2.19. The lowest BCUT2D eigenvalue weighted by molar-refractivity contribution is 0.327. The van der Waals surface area contributed by atoms with Gasteiger partial charge in [-0.15, -0.1) is 0 Å². The lowest BCUT2D eigenvalue weighted by atomic mass is 9.98. The monoisotopic (exact) mass is 354 g/mol. The van der Waals surface area contributed by atoms with E-state index in [0.717, 1.165) is 17.6 Å². The first-order chi connectivity index (χ1) is 10.8. The molecule has 1 unspecified atom stereocenters. The Hall–Kier alpha value is -1.58. The number of rotatable bonds is 3. The van der Waals surface area contributed by atoms with Gasteiger partial charge in [-0.1, -0.05) is 46.3 Å². The molecule has 0 amide bonds. The van der Waals surface area contributed by atoms with Crippen molar-refractivity contribution in [3.8, 4) is 0 Å². The number of likely N-dealkylation sites (tertiary alicyclic amines) is 1. The molecule has 0 radical (unpaired) electrons. The van der Waals surface area contributed by atoms with Crippen LogP contribution < -0.4 is 0 Å². The predicted molar refractivity (Wildman–Crippen MR) is 95.1 cm³/mol. The minimum Gasteiger partial charge on any atom is -0.361 e. The summed E-state index contributed by atoms with van der Waals surface area (Å²) >= 11 is 3.59. The van der Waals surface area contributed by atoms with Gasteiger partial charge in [0.25, 0.3) is 0 Å². The molecular weight excluding hydrogens is 336 g/mol. The Balaban J connectivity index is 1.53. The highest BCUT2D eigenvalue weighted by Gasteiger charge is 2.25. The zero-order valence-electron chi connectivity index (χ0n) is 12.4. The van der Waals surface area contributed by atoms with Crippen molar-refractivity contribution in [3.05, 3.63) is 70.3 Å². The van der Waals surface area contributed by atoms with E-state index in [1.54, 1.807) is 0 Å². The predicted octanol–water partition coefficient (Wildman–Crippen LogP) is 4.92. The molecule has 3 aromatic rings. The summed E-state index contributed by atoms with van der Waals surface area (Å²) in [5, 5.41) is 1.36. The van der Waals surface area contributed by atoms with Gasteiger partial charge in [0.1, 0.15) is 0 Å². The van der Waals surface area contributed by atoms with Crippen LogP contribution in [0.5, 0.6) is 0 Å². The largest absolute Gasteiger partial charge is 0.361 e. The molecule has 4 rings (SSSR count). The molecule has 0 saturated carbocycles. The molecule has 0 bridgehead atoms. The Morgan fingerprint density at radius 1 is 1.14 bits per heavy atom. The van der Waals surface area contributed by atoms with E-state index in [9.17, 15) is 0 Å². The van der Waals surface area contributed by atoms with Crippen LogP contribution in [-0.2, 0) is 6.54 Å². The summed E-state index contributed by atoms with van der Waals surface area (Å²) in [6.07, 6.45) is 3.44. The van der Waals surface area contributed by atoms with Crippen LogP contribution in [0.25, 0.3) is 10.9 Å². The number of aromatic amines is 1. The summed E-state index contributed by atoms with van der Waals surface area (Å²) < 4.78 is 1.15. The van der Waals surface area contributed by atoms with E-state index in [0.29, 0.717) is 5.92 Å². The maximum absolute atomic E-state index is 3.59. The third kappa shape index (κ3) is 2.71. The van der Waals surface area contributed by atoms with Gasteiger partial charge in [0.15, 0.2) is 0 Å². The van der Waals surface area contributed by atoms with Gasteiger partial charge in [-0.05, 0) is 48.2 Å². The van der Waals surface area contributed by atoms with Gasteiger partial charge in [-0.3, -0.25) is 4.90 Å². The Morgan fingerprint density at radius 2 is 2.00 bits per heavy atom. The highest BCUT2D eigenvalue weighted by atomic mass is 79.9. The first kappa shape index (κ1) is 14.0. The van der Waals surface area contributed by atoms with Crippen molar-refractivity contribution < 1.29 is 0 Å². The highest BCUT2D eigenvalue weighted by Crippen LogP contribution is 2.34. The fourth-order valence-electron chi connectivity index (χ4n) is 3.52. The van der Waals surface area contributed by atoms with Crippen LogP contribution in [0.15, 0.2) is 59.2 Å². The Labute approximate surface area is 139 Å². The summed E-state index contributed by atoms with van der Waals surface area (Å²) in [6, 6.07) is 17.3. The van der Waals surface area contributed by atoms with Gasteiger partial charge in [-0.25, -0.2) is 0 Å². The fourth-order valence-corrected chi connectivity index (χ4v) is 3.89. The number of benzene rings is 2. The number of nitrogens with zero attached hydrogens (tertiary/aromatic N) is 1. The van der Waals surface area contributed by atoms with Crippen molar-refractivity contribution in [2.45, 2.75) is 18.9 Å². The van der Waals surface area contributed by atoms with Gasteiger partial charge in [-0.2, -0.15) is 0 Å². The molecule has 1 fully saturated rings. The van der Waals surface area contributed by atoms with Crippen LogP contribution in [0.3, 0.4) is 0 Å². The van der Waals surface area contributed by atoms with Crippen LogP contribution in [0, 0.1) is 0 Å². The molecule has 1 aliphatic heterocycles. The van der Waals surface area contributed by atoms with E-state index in [1.807, 2.05) is 0 Å². The number of nitrogens with one attached hydrogen (secondary N) is 1. The first-order valence-corrected chi connectivity index (χ1v) is 8.62. The second kappa shape index (κ2) is 5.90. The van der Waals surface area contributed by atoms with Gasteiger partial charge >= 0.3 is 0 Å². The zero-order valence-corrected chi connectivity index (χ0v) is 14.0. The molecular formula is C19H19BrN2. The van der Waals surface area contributed by atoms with E-state index >= 15 is 0 Å². The lowest BCUT2D eigenvalue weighted by Gasteiger charge is -2.16. The minimum absolute atomic E-state index is 0.631. The van der Waals surface area contributed by atoms with Gasteiger partial charge in [0, 0.05) is 34.7 Å². The van der Waals surface area contributed by atoms with Gasteiger partial charge in [0.05, 0.1) is 0 Å². The van der Waals surface area contributed by atoms with Crippen LogP contribution in [0.1, 0.15) is 23.5 Å². The number of hydrogen-bond acceptors (Lipinski definition) is 1. The molecule has 1 aromatic heterocycles. The van der Waals surface area contributed by atoms with E-state index in [-0.39, 0.29) is 0 Å². The maximum Gasteiger partial charge on any atom is 0.0457 e. The van der Waals surface area contributed by atoms with E-state index in [1.165, 1.54) is 35.0 Å². The van der Waals surface area contributed by atoms with Gasteiger partial charge in [0.2, 0.25) is 0 Å².